The van der Waals surface area contributed by atoms with Crippen LogP contribution in [0.5, 0.6) is 0 Å². The van der Waals surface area contributed by atoms with E-state index in [0.29, 0.717) is 5.92 Å². The summed E-state index contributed by atoms with van der Waals surface area (Å²) in [6, 6.07) is 11.6. The van der Waals surface area contributed by atoms with Gasteiger partial charge in [-0.15, -0.1) is 0 Å². The minimum absolute atomic E-state index is 0.652. The van der Waals surface area contributed by atoms with Crippen LogP contribution in [0.1, 0.15) is 59.8 Å². The van der Waals surface area contributed by atoms with E-state index in [0.717, 1.165) is 6.42 Å². The molecule has 0 saturated carbocycles. The summed E-state index contributed by atoms with van der Waals surface area (Å²) < 4.78 is 2.31. The van der Waals surface area contributed by atoms with E-state index < -0.39 is 0 Å². The molecule has 0 amide bonds. The van der Waals surface area contributed by atoms with E-state index in [9.17, 15) is 0 Å². The first-order valence-corrected chi connectivity index (χ1v) is 10.0. The Kier molecular flexibility index (Phi) is 4.22. The predicted molar refractivity (Wildman–Crippen MR) is 116 cm³/mol. The standard InChI is InChI=1S/C26H30N/c1-15(2)12-21-9-8-20-10-11-27(7)26-24(19(6)23(21)25(20)26)22-14-16(3)13-17(4)18(22)5/h8-11,13-15H,12H2,1-7H3/q+1. The third-order valence-electron chi connectivity index (χ3n) is 6.09. The quantitative estimate of drug-likeness (QED) is 0.501. The Morgan fingerprint density at radius 3 is 2.41 bits per heavy atom. The van der Waals surface area contributed by atoms with Gasteiger partial charge in [-0.05, 0) is 78.8 Å². The second kappa shape index (κ2) is 6.34. The second-order valence-corrected chi connectivity index (χ2v) is 8.69. The highest BCUT2D eigenvalue weighted by molar-refractivity contribution is 6.16. The van der Waals surface area contributed by atoms with Crippen LogP contribution >= 0.6 is 0 Å². The van der Waals surface area contributed by atoms with Gasteiger partial charge in [0, 0.05) is 6.07 Å². The van der Waals surface area contributed by atoms with E-state index in [1.807, 2.05) is 0 Å². The zero-order chi connectivity index (χ0) is 19.5. The van der Waals surface area contributed by atoms with Crippen molar-refractivity contribution in [2.24, 2.45) is 13.0 Å². The molecule has 27 heavy (non-hydrogen) atoms. The number of aryl methyl sites for hydroxylation is 3. The number of benzene rings is 2. The van der Waals surface area contributed by atoms with Crippen molar-refractivity contribution in [3.63, 3.8) is 0 Å². The number of nitrogens with zero attached hydrogens (tertiary/aromatic N) is 1. The summed E-state index contributed by atoms with van der Waals surface area (Å²) in [5.41, 5.74) is 12.7. The van der Waals surface area contributed by atoms with Gasteiger partial charge < -0.3 is 0 Å². The van der Waals surface area contributed by atoms with E-state index >= 15 is 0 Å². The summed E-state index contributed by atoms with van der Waals surface area (Å²) in [6.45, 7) is 13.7. The van der Waals surface area contributed by atoms with Gasteiger partial charge in [0.1, 0.15) is 7.05 Å². The van der Waals surface area contributed by atoms with Crippen molar-refractivity contribution >= 4 is 21.9 Å². The predicted octanol–water partition coefficient (Wildman–Crippen LogP) is 6.08. The minimum Gasteiger partial charge on any atom is -0.200 e. The van der Waals surface area contributed by atoms with Crippen molar-refractivity contribution in [3.05, 3.63) is 75.6 Å². The van der Waals surface area contributed by atoms with Crippen LogP contribution in [-0.2, 0) is 13.5 Å². The fourth-order valence-electron chi connectivity index (χ4n) is 4.77. The molecule has 1 aliphatic rings. The summed E-state index contributed by atoms with van der Waals surface area (Å²) in [5.74, 6) is 0.652. The van der Waals surface area contributed by atoms with E-state index in [4.69, 9.17) is 0 Å². The molecule has 0 unspecified atom stereocenters. The van der Waals surface area contributed by atoms with Crippen LogP contribution in [0.25, 0.3) is 21.9 Å². The molecule has 4 rings (SSSR count). The molecule has 0 bridgehead atoms. The van der Waals surface area contributed by atoms with Crippen LogP contribution in [0.15, 0.2) is 36.5 Å². The molecule has 0 N–H and O–H groups in total. The smallest absolute Gasteiger partial charge is 0.200 e. The normalized spacial score (nSPS) is 13.3. The summed E-state index contributed by atoms with van der Waals surface area (Å²) >= 11 is 0. The Bertz CT molecular complexity index is 1110. The van der Waals surface area contributed by atoms with Crippen LogP contribution in [-0.4, -0.2) is 0 Å². The summed E-state index contributed by atoms with van der Waals surface area (Å²) in [6.07, 6.45) is 3.33. The Hall–Kier alpha value is -2.41. The molecular weight excluding hydrogens is 326 g/mol. The van der Waals surface area contributed by atoms with Gasteiger partial charge >= 0.3 is 0 Å². The van der Waals surface area contributed by atoms with Gasteiger partial charge in [0.15, 0.2) is 6.20 Å². The van der Waals surface area contributed by atoms with Crippen molar-refractivity contribution in [3.8, 4) is 0 Å². The number of aromatic nitrogens is 1. The molecule has 1 aromatic heterocycles. The van der Waals surface area contributed by atoms with E-state index in [2.05, 4.69) is 89.7 Å². The second-order valence-electron chi connectivity index (χ2n) is 8.69. The van der Waals surface area contributed by atoms with Gasteiger partial charge in [0.2, 0.25) is 5.69 Å². The molecule has 1 nitrogen and oxygen atoms in total. The summed E-state index contributed by atoms with van der Waals surface area (Å²) in [5, 5.41) is 2.78. The third-order valence-corrected chi connectivity index (χ3v) is 6.09. The van der Waals surface area contributed by atoms with Gasteiger partial charge in [0.05, 0.1) is 11.0 Å². The molecule has 2 aromatic carbocycles. The molecule has 1 heteroatoms. The van der Waals surface area contributed by atoms with E-state index in [1.54, 1.807) is 0 Å². The van der Waals surface area contributed by atoms with Crippen LogP contribution in [0, 0.1) is 26.7 Å². The molecule has 1 heterocycles. The maximum Gasteiger partial charge on any atom is 0.221 e. The van der Waals surface area contributed by atoms with Crippen molar-refractivity contribution in [2.45, 2.75) is 48.0 Å². The number of hydrogen-bond acceptors (Lipinski definition) is 0. The molecule has 0 radical (unpaired) electrons. The van der Waals surface area contributed by atoms with Crippen molar-refractivity contribution < 1.29 is 4.57 Å². The SMILES string of the molecule is CC1=C(c2cc(C)cc(C)c2C)c2c3c1c(CC(C)C)ccc3cc[n+]2C. The molecule has 0 fully saturated rings. The first-order valence-electron chi connectivity index (χ1n) is 10.0. The van der Waals surface area contributed by atoms with Crippen molar-refractivity contribution in [1.29, 1.82) is 0 Å². The van der Waals surface area contributed by atoms with Gasteiger partial charge in [-0.25, -0.2) is 4.57 Å². The molecule has 3 aromatic rings. The minimum atomic E-state index is 0.652. The molecular formula is C26H30N+. The zero-order valence-electron chi connectivity index (χ0n) is 17.7. The van der Waals surface area contributed by atoms with E-state index in [1.165, 1.54) is 61.0 Å². The zero-order valence-corrected chi connectivity index (χ0v) is 17.7. The lowest BCUT2D eigenvalue weighted by molar-refractivity contribution is -0.672. The maximum absolute atomic E-state index is 2.37. The maximum atomic E-state index is 2.37. The molecule has 0 saturated heterocycles. The van der Waals surface area contributed by atoms with Crippen molar-refractivity contribution in [2.75, 3.05) is 0 Å². The number of hydrogen-bond donors (Lipinski definition) is 0. The molecule has 0 spiro atoms. The average Bonchev–Trinajstić information content (AvgIpc) is 2.91. The summed E-state index contributed by atoms with van der Waals surface area (Å²) in [7, 11) is 2.18. The average molecular weight is 357 g/mol. The fraction of sp³-hybridized carbons (Fsp3) is 0.346. The molecule has 1 aliphatic carbocycles. The lowest BCUT2D eigenvalue weighted by Gasteiger charge is -2.13. The molecule has 138 valence electrons. The Morgan fingerprint density at radius 1 is 0.963 bits per heavy atom. The lowest BCUT2D eigenvalue weighted by atomic mass is 9.90. The van der Waals surface area contributed by atoms with Gasteiger partial charge in [0.25, 0.3) is 0 Å². The van der Waals surface area contributed by atoms with Gasteiger partial charge in [-0.1, -0.05) is 43.7 Å². The Morgan fingerprint density at radius 2 is 1.70 bits per heavy atom. The highest BCUT2D eigenvalue weighted by Crippen LogP contribution is 2.46. The van der Waals surface area contributed by atoms with Gasteiger partial charge in [-0.2, -0.15) is 0 Å². The van der Waals surface area contributed by atoms with Crippen LogP contribution in [0.3, 0.4) is 0 Å². The van der Waals surface area contributed by atoms with Crippen LogP contribution in [0.4, 0.5) is 0 Å². The summed E-state index contributed by atoms with van der Waals surface area (Å²) in [4.78, 5) is 0. The topological polar surface area (TPSA) is 3.88 Å². The largest absolute Gasteiger partial charge is 0.221 e. The van der Waals surface area contributed by atoms with E-state index in [-0.39, 0.29) is 0 Å². The first-order chi connectivity index (χ1) is 12.8. The third kappa shape index (κ3) is 2.72. The van der Waals surface area contributed by atoms with Crippen LogP contribution < -0.4 is 4.57 Å². The highest BCUT2D eigenvalue weighted by Gasteiger charge is 2.32. The van der Waals surface area contributed by atoms with Gasteiger partial charge in [-0.3, -0.25) is 0 Å². The molecule has 0 aliphatic heterocycles. The Balaban J connectivity index is 2.11. The lowest BCUT2D eigenvalue weighted by Crippen LogP contribution is -2.32. The fourth-order valence-corrected chi connectivity index (χ4v) is 4.77. The monoisotopic (exact) mass is 356 g/mol. The number of allylic oxidation sites excluding steroid dienone is 1. The Labute approximate surface area is 163 Å². The van der Waals surface area contributed by atoms with Crippen molar-refractivity contribution in [1.82, 2.24) is 0 Å². The number of pyridine rings is 1. The molecule has 0 atom stereocenters. The highest BCUT2D eigenvalue weighted by atomic mass is 14.9. The number of rotatable bonds is 3. The first kappa shape index (κ1) is 18.0. The van der Waals surface area contributed by atoms with Crippen LogP contribution in [0.2, 0.25) is 0 Å².